The molecule has 0 N–H and O–H groups in total. The molecule has 0 aromatic heterocycles. The summed E-state index contributed by atoms with van der Waals surface area (Å²) >= 11 is 0. The number of nitrogens with zero attached hydrogens (tertiary/aromatic N) is 2. The molecule has 0 spiro atoms. The quantitative estimate of drug-likeness (QED) is 0.794. The van der Waals surface area contributed by atoms with Crippen LogP contribution in [0.25, 0.3) is 0 Å². The lowest BCUT2D eigenvalue weighted by Crippen LogP contribution is -2.43. The molecule has 0 atom stereocenters. The average molecular weight is 286 g/mol. The second kappa shape index (κ2) is 6.29. The van der Waals surface area contributed by atoms with Crippen LogP contribution in [0.1, 0.15) is 40.7 Å². The van der Waals surface area contributed by atoms with E-state index >= 15 is 0 Å². The molecule has 3 rings (SSSR count). The Kier molecular flexibility index (Phi) is 4.41. The molecule has 1 heterocycles. The number of likely N-dealkylation sites (tertiary alicyclic amines) is 1. The van der Waals surface area contributed by atoms with Gasteiger partial charge in [0.15, 0.2) is 5.78 Å². The second-order valence-corrected chi connectivity index (χ2v) is 6.71. The molecular formula is C18H26N2O. The number of aryl methyl sites for hydroxylation is 2. The first-order chi connectivity index (χ1) is 10.1. The van der Waals surface area contributed by atoms with Crippen LogP contribution >= 0.6 is 0 Å². The molecule has 2 aliphatic rings. The molecule has 1 aromatic rings. The van der Waals surface area contributed by atoms with Gasteiger partial charge in [-0.05, 0) is 76.5 Å². The fourth-order valence-electron chi connectivity index (χ4n) is 3.63. The van der Waals surface area contributed by atoms with Crippen LogP contribution < -0.4 is 0 Å². The predicted molar refractivity (Wildman–Crippen MR) is 85.9 cm³/mol. The van der Waals surface area contributed by atoms with E-state index in [1.54, 1.807) is 0 Å². The maximum absolute atomic E-state index is 12.5. The molecule has 1 aliphatic heterocycles. The number of carbonyl (C=O) groups excluding carboxylic acids is 1. The SMILES string of the molecule is CN1CCC(N(C)CC(=O)c2ccc3c(c2)CCC3)CC1. The zero-order valence-electron chi connectivity index (χ0n) is 13.3. The number of hydrogen-bond acceptors (Lipinski definition) is 3. The Hall–Kier alpha value is -1.19. The third kappa shape index (κ3) is 3.35. The molecule has 21 heavy (non-hydrogen) atoms. The average Bonchev–Trinajstić information content (AvgIpc) is 2.95. The fourth-order valence-corrected chi connectivity index (χ4v) is 3.63. The van der Waals surface area contributed by atoms with E-state index in [1.807, 2.05) is 6.07 Å². The summed E-state index contributed by atoms with van der Waals surface area (Å²) in [5.74, 6) is 0.270. The summed E-state index contributed by atoms with van der Waals surface area (Å²) in [6.07, 6.45) is 5.90. The van der Waals surface area contributed by atoms with Crippen molar-refractivity contribution >= 4 is 5.78 Å². The minimum absolute atomic E-state index is 0.270. The molecule has 0 unspecified atom stereocenters. The minimum atomic E-state index is 0.270. The van der Waals surface area contributed by atoms with Crippen LogP contribution in [0.4, 0.5) is 0 Å². The van der Waals surface area contributed by atoms with Gasteiger partial charge >= 0.3 is 0 Å². The van der Waals surface area contributed by atoms with Gasteiger partial charge in [-0.2, -0.15) is 0 Å². The molecule has 1 saturated heterocycles. The van der Waals surface area contributed by atoms with Crippen molar-refractivity contribution in [2.45, 2.75) is 38.1 Å². The van der Waals surface area contributed by atoms with Crippen molar-refractivity contribution in [2.24, 2.45) is 0 Å². The lowest BCUT2D eigenvalue weighted by molar-refractivity contribution is 0.0871. The number of hydrogen-bond donors (Lipinski definition) is 0. The first-order valence-corrected chi connectivity index (χ1v) is 8.17. The third-order valence-electron chi connectivity index (χ3n) is 5.12. The van der Waals surface area contributed by atoms with Gasteiger partial charge in [0.25, 0.3) is 0 Å². The zero-order chi connectivity index (χ0) is 14.8. The van der Waals surface area contributed by atoms with Gasteiger partial charge in [0.05, 0.1) is 6.54 Å². The van der Waals surface area contributed by atoms with E-state index in [4.69, 9.17) is 0 Å². The molecule has 1 aromatic carbocycles. The molecule has 1 aliphatic carbocycles. The van der Waals surface area contributed by atoms with E-state index in [1.165, 1.54) is 36.8 Å². The molecular weight excluding hydrogens is 260 g/mol. The smallest absolute Gasteiger partial charge is 0.176 e. The molecule has 0 radical (unpaired) electrons. The summed E-state index contributed by atoms with van der Waals surface area (Å²) < 4.78 is 0. The maximum atomic E-state index is 12.5. The maximum Gasteiger partial charge on any atom is 0.176 e. The van der Waals surface area contributed by atoms with Crippen LogP contribution in [0.5, 0.6) is 0 Å². The van der Waals surface area contributed by atoms with Crippen molar-refractivity contribution in [2.75, 3.05) is 33.7 Å². The first kappa shape index (κ1) is 14.7. The highest BCUT2D eigenvalue weighted by Gasteiger charge is 2.22. The number of piperidine rings is 1. The highest BCUT2D eigenvalue weighted by atomic mass is 16.1. The lowest BCUT2D eigenvalue weighted by Gasteiger charge is -2.34. The van der Waals surface area contributed by atoms with Crippen LogP contribution in [0.2, 0.25) is 0 Å². The molecule has 3 nitrogen and oxygen atoms in total. The van der Waals surface area contributed by atoms with Gasteiger partial charge in [0.2, 0.25) is 0 Å². The monoisotopic (exact) mass is 286 g/mol. The molecule has 0 amide bonds. The van der Waals surface area contributed by atoms with E-state index in [0.717, 1.165) is 25.1 Å². The van der Waals surface area contributed by atoms with Gasteiger partial charge in [0, 0.05) is 11.6 Å². The number of rotatable bonds is 4. The highest BCUT2D eigenvalue weighted by molar-refractivity contribution is 5.97. The first-order valence-electron chi connectivity index (χ1n) is 8.17. The van der Waals surface area contributed by atoms with E-state index in [9.17, 15) is 4.79 Å². The second-order valence-electron chi connectivity index (χ2n) is 6.71. The van der Waals surface area contributed by atoms with Crippen molar-refractivity contribution in [3.8, 4) is 0 Å². The van der Waals surface area contributed by atoms with Crippen LogP contribution in [-0.4, -0.2) is 55.4 Å². The van der Waals surface area contributed by atoms with Crippen molar-refractivity contribution in [1.82, 2.24) is 9.80 Å². The Bertz CT molecular complexity index is 518. The number of carbonyl (C=O) groups is 1. The Labute approximate surface area is 127 Å². The van der Waals surface area contributed by atoms with Crippen LogP contribution in [0.15, 0.2) is 18.2 Å². The number of fused-ring (bicyclic) bond motifs is 1. The Balaban J connectivity index is 1.60. The normalized spacial score (nSPS) is 20.0. The van der Waals surface area contributed by atoms with Gasteiger partial charge < -0.3 is 4.90 Å². The van der Waals surface area contributed by atoms with E-state index in [-0.39, 0.29) is 5.78 Å². The fraction of sp³-hybridized carbons (Fsp3) is 0.611. The Morgan fingerprint density at radius 3 is 2.71 bits per heavy atom. The summed E-state index contributed by atoms with van der Waals surface area (Å²) in [6, 6.07) is 6.87. The summed E-state index contributed by atoms with van der Waals surface area (Å²) in [6.45, 7) is 2.83. The van der Waals surface area contributed by atoms with Gasteiger partial charge in [-0.25, -0.2) is 0 Å². The van der Waals surface area contributed by atoms with Gasteiger partial charge in [0.1, 0.15) is 0 Å². The molecule has 0 saturated carbocycles. The van der Waals surface area contributed by atoms with Crippen molar-refractivity contribution in [3.63, 3.8) is 0 Å². The largest absolute Gasteiger partial charge is 0.306 e. The Morgan fingerprint density at radius 2 is 1.95 bits per heavy atom. The van der Waals surface area contributed by atoms with Crippen molar-refractivity contribution in [3.05, 3.63) is 34.9 Å². The van der Waals surface area contributed by atoms with Crippen LogP contribution in [0, 0.1) is 0 Å². The molecule has 1 fully saturated rings. The van der Waals surface area contributed by atoms with E-state index in [2.05, 4.69) is 36.0 Å². The van der Waals surface area contributed by atoms with E-state index < -0.39 is 0 Å². The summed E-state index contributed by atoms with van der Waals surface area (Å²) in [5, 5.41) is 0. The van der Waals surface area contributed by atoms with Gasteiger partial charge in [-0.15, -0.1) is 0 Å². The Morgan fingerprint density at radius 1 is 1.24 bits per heavy atom. The van der Waals surface area contributed by atoms with Gasteiger partial charge in [-0.1, -0.05) is 12.1 Å². The van der Waals surface area contributed by atoms with Gasteiger partial charge in [-0.3, -0.25) is 9.69 Å². The number of Topliss-reactive ketones (excluding diaryl/α,β-unsaturated/α-hetero) is 1. The number of likely N-dealkylation sites (N-methyl/N-ethyl adjacent to an activating group) is 1. The molecule has 3 heteroatoms. The third-order valence-corrected chi connectivity index (χ3v) is 5.12. The molecule has 0 bridgehead atoms. The summed E-state index contributed by atoms with van der Waals surface area (Å²) in [5.41, 5.74) is 3.73. The number of benzene rings is 1. The standard InChI is InChI=1S/C18H26N2O/c1-19-10-8-17(9-11-19)20(2)13-18(21)16-7-6-14-4-3-5-15(14)12-16/h6-7,12,17H,3-5,8-11,13H2,1-2H3. The topological polar surface area (TPSA) is 23.6 Å². The van der Waals surface area contributed by atoms with Crippen molar-refractivity contribution < 1.29 is 4.79 Å². The molecule has 114 valence electrons. The minimum Gasteiger partial charge on any atom is -0.306 e. The van der Waals surface area contributed by atoms with Crippen molar-refractivity contribution in [1.29, 1.82) is 0 Å². The highest BCUT2D eigenvalue weighted by Crippen LogP contribution is 2.23. The number of ketones is 1. The van der Waals surface area contributed by atoms with Crippen LogP contribution in [0.3, 0.4) is 0 Å². The van der Waals surface area contributed by atoms with E-state index in [0.29, 0.717) is 12.6 Å². The summed E-state index contributed by atoms with van der Waals surface area (Å²) in [4.78, 5) is 17.1. The predicted octanol–water partition coefficient (Wildman–Crippen LogP) is 2.38. The zero-order valence-corrected chi connectivity index (χ0v) is 13.3. The lowest BCUT2D eigenvalue weighted by atomic mass is 10.0. The van der Waals surface area contributed by atoms with Crippen LogP contribution in [-0.2, 0) is 12.8 Å². The summed E-state index contributed by atoms with van der Waals surface area (Å²) in [7, 11) is 4.27.